The molecule has 3 aromatic carbocycles. The predicted octanol–water partition coefficient (Wildman–Crippen LogP) is 3.87. The molecule has 0 bridgehead atoms. The second kappa shape index (κ2) is 6.39. The van der Waals surface area contributed by atoms with Crippen LogP contribution in [0.1, 0.15) is 27.0 Å². The number of sulfonamides is 1. The quantitative estimate of drug-likeness (QED) is 0.721. The number of nitrogens with one attached hydrogen (secondary N) is 2. The number of hydrogen-bond donors (Lipinski definition) is 2. The third-order valence-electron chi connectivity index (χ3n) is 4.92. The van der Waals surface area contributed by atoms with Crippen molar-refractivity contribution in [2.45, 2.75) is 19.8 Å². The van der Waals surface area contributed by atoms with Crippen LogP contribution in [0, 0.1) is 6.92 Å². The van der Waals surface area contributed by atoms with Gasteiger partial charge in [-0.15, -0.1) is 0 Å². The highest BCUT2D eigenvalue weighted by molar-refractivity contribution is 7.92. The number of hydrogen-bond acceptors (Lipinski definition) is 3. The maximum atomic E-state index is 12.8. The Morgan fingerprint density at radius 1 is 0.963 bits per heavy atom. The van der Waals surface area contributed by atoms with Crippen LogP contribution in [0.4, 0.5) is 11.4 Å². The van der Waals surface area contributed by atoms with Crippen LogP contribution in [0.25, 0.3) is 10.8 Å². The molecule has 6 heteroatoms. The van der Waals surface area contributed by atoms with Crippen LogP contribution < -0.4 is 10.0 Å². The molecule has 5 nitrogen and oxygen atoms in total. The maximum Gasteiger partial charge on any atom is 0.255 e. The molecular formula is C21H20N2O3S. The summed E-state index contributed by atoms with van der Waals surface area (Å²) in [4.78, 5) is 12.8. The van der Waals surface area contributed by atoms with Crippen LogP contribution >= 0.6 is 0 Å². The second-order valence-corrected chi connectivity index (χ2v) is 8.72. The second-order valence-electron chi connectivity index (χ2n) is 6.97. The van der Waals surface area contributed by atoms with Gasteiger partial charge in [-0.2, -0.15) is 0 Å². The molecule has 1 aliphatic carbocycles. The van der Waals surface area contributed by atoms with E-state index in [1.807, 2.05) is 18.2 Å². The van der Waals surface area contributed by atoms with Crippen molar-refractivity contribution in [1.29, 1.82) is 0 Å². The number of benzene rings is 3. The molecule has 0 saturated heterocycles. The smallest absolute Gasteiger partial charge is 0.255 e. The molecule has 0 fully saturated rings. The monoisotopic (exact) mass is 380 g/mol. The van der Waals surface area contributed by atoms with E-state index < -0.39 is 10.0 Å². The lowest BCUT2D eigenvalue weighted by molar-refractivity contribution is 0.102. The molecular weight excluding hydrogens is 360 g/mol. The van der Waals surface area contributed by atoms with Crippen molar-refractivity contribution < 1.29 is 13.2 Å². The summed E-state index contributed by atoms with van der Waals surface area (Å²) in [6.45, 7) is 1.79. The van der Waals surface area contributed by atoms with Gasteiger partial charge in [-0.3, -0.25) is 9.52 Å². The average molecular weight is 380 g/mol. The largest absolute Gasteiger partial charge is 0.321 e. The standard InChI is InChI=1S/C21H20N2O3S/c1-13-6-7-16(12-19(13)23-27(2,25)26)21(24)22-18-11-10-15-9-8-14-4-3-5-17(18)20(14)15/h3-7,10-12,23H,8-9H2,1-2H3,(H,22,24). The SMILES string of the molecule is Cc1ccc(C(=O)Nc2ccc3c4c(cccc24)CC3)cc1NS(C)(=O)=O. The van der Waals surface area contributed by atoms with Gasteiger partial charge in [-0.25, -0.2) is 8.42 Å². The highest BCUT2D eigenvalue weighted by Gasteiger charge is 2.17. The van der Waals surface area contributed by atoms with Gasteiger partial charge < -0.3 is 5.32 Å². The minimum Gasteiger partial charge on any atom is -0.321 e. The van der Waals surface area contributed by atoms with Crippen LogP contribution in [0.3, 0.4) is 0 Å². The van der Waals surface area contributed by atoms with Gasteiger partial charge in [-0.1, -0.05) is 30.3 Å². The van der Waals surface area contributed by atoms with Crippen molar-refractivity contribution in [2.24, 2.45) is 0 Å². The predicted molar refractivity (Wildman–Crippen MR) is 109 cm³/mol. The maximum absolute atomic E-state index is 12.8. The summed E-state index contributed by atoms with van der Waals surface area (Å²) in [5.74, 6) is -0.273. The van der Waals surface area contributed by atoms with Gasteiger partial charge in [0.2, 0.25) is 10.0 Å². The summed E-state index contributed by atoms with van der Waals surface area (Å²) in [7, 11) is -3.41. The molecule has 0 aliphatic heterocycles. The van der Waals surface area contributed by atoms with Crippen molar-refractivity contribution in [3.05, 3.63) is 70.8 Å². The molecule has 2 N–H and O–H groups in total. The summed E-state index contributed by atoms with van der Waals surface area (Å²) < 4.78 is 25.5. The molecule has 1 amide bonds. The van der Waals surface area contributed by atoms with Gasteiger partial charge in [0.1, 0.15) is 0 Å². The van der Waals surface area contributed by atoms with E-state index in [9.17, 15) is 13.2 Å². The highest BCUT2D eigenvalue weighted by Crippen LogP contribution is 2.35. The molecule has 27 heavy (non-hydrogen) atoms. The molecule has 3 aromatic rings. The van der Waals surface area contributed by atoms with Crippen molar-refractivity contribution in [1.82, 2.24) is 0 Å². The molecule has 0 heterocycles. The zero-order valence-electron chi connectivity index (χ0n) is 15.2. The summed E-state index contributed by atoms with van der Waals surface area (Å²) in [6.07, 6.45) is 3.15. The zero-order chi connectivity index (χ0) is 19.2. The van der Waals surface area contributed by atoms with E-state index in [0.717, 1.165) is 35.7 Å². The fraction of sp³-hybridized carbons (Fsp3) is 0.190. The van der Waals surface area contributed by atoms with E-state index in [1.165, 1.54) is 16.5 Å². The van der Waals surface area contributed by atoms with E-state index in [2.05, 4.69) is 22.2 Å². The first-order chi connectivity index (χ1) is 12.8. The Labute approximate surface area is 158 Å². The third kappa shape index (κ3) is 3.40. The van der Waals surface area contributed by atoms with Crippen LogP contribution in [0.5, 0.6) is 0 Å². The summed E-state index contributed by atoms with van der Waals surface area (Å²) in [5, 5.41) is 5.25. The first-order valence-corrected chi connectivity index (χ1v) is 10.6. The highest BCUT2D eigenvalue weighted by atomic mass is 32.2. The van der Waals surface area contributed by atoms with Gasteiger partial charge in [-0.05, 0) is 60.0 Å². The Bertz CT molecular complexity index is 1170. The minimum absolute atomic E-state index is 0.273. The fourth-order valence-electron chi connectivity index (χ4n) is 3.62. The van der Waals surface area contributed by atoms with Crippen molar-refractivity contribution in [2.75, 3.05) is 16.3 Å². The zero-order valence-corrected chi connectivity index (χ0v) is 16.0. The minimum atomic E-state index is -3.41. The Balaban J connectivity index is 1.68. The summed E-state index contributed by atoms with van der Waals surface area (Å²) in [6, 6.07) is 15.2. The molecule has 4 rings (SSSR count). The van der Waals surface area contributed by atoms with Gasteiger partial charge in [0.25, 0.3) is 5.91 Å². The fourth-order valence-corrected chi connectivity index (χ4v) is 4.24. The first kappa shape index (κ1) is 17.5. The Morgan fingerprint density at radius 3 is 2.44 bits per heavy atom. The molecule has 0 unspecified atom stereocenters. The number of rotatable bonds is 4. The Morgan fingerprint density at radius 2 is 1.70 bits per heavy atom. The van der Waals surface area contributed by atoms with Crippen molar-refractivity contribution >= 4 is 38.1 Å². The lowest BCUT2D eigenvalue weighted by Gasteiger charge is -2.13. The number of aryl methyl sites for hydroxylation is 3. The van der Waals surface area contributed by atoms with E-state index in [1.54, 1.807) is 25.1 Å². The van der Waals surface area contributed by atoms with Gasteiger partial charge in [0, 0.05) is 16.6 Å². The van der Waals surface area contributed by atoms with Crippen LogP contribution in [-0.2, 0) is 22.9 Å². The van der Waals surface area contributed by atoms with E-state index in [-0.39, 0.29) is 5.91 Å². The van der Waals surface area contributed by atoms with Gasteiger partial charge >= 0.3 is 0 Å². The topological polar surface area (TPSA) is 75.3 Å². The molecule has 0 saturated carbocycles. The number of carbonyl (C=O) groups excluding carboxylic acids is 1. The third-order valence-corrected chi connectivity index (χ3v) is 5.51. The Kier molecular flexibility index (Phi) is 4.15. The van der Waals surface area contributed by atoms with E-state index >= 15 is 0 Å². The van der Waals surface area contributed by atoms with Crippen LogP contribution in [0.15, 0.2) is 48.5 Å². The lowest BCUT2D eigenvalue weighted by Crippen LogP contribution is -2.15. The summed E-state index contributed by atoms with van der Waals surface area (Å²) in [5.41, 5.74) is 4.95. The summed E-state index contributed by atoms with van der Waals surface area (Å²) >= 11 is 0. The van der Waals surface area contributed by atoms with Crippen molar-refractivity contribution in [3.8, 4) is 0 Å². The molecule has 138 valence electrons. The molecule has 0 atom stereocenters. The molecule has 0 aromatic heterocycles. The number of carbonyl (C=O) groups is 1. The van der Waals surface area contributed by atoms with E-state index in [4.69, 9.17) is 0 Å². The van der Waals surface area contributed by atoms with Crippen molar-refractivity contribution in [3.63, 3.8) is 0 Å². The molecule has 0 spiro atoms. The number of amides is 1. The van der Waals surface area contributed by atoms with Gasteiger partial charge in [0.05, 0.1) is 11.9 Å². The lowest BCUT2D eigenvalue weighted by atomic mass is 10.0. The number of anilines is 2. The Hall–Kier alpha value is -2.86. The normalized spacial score (nSPS) is 13.0. The first-order valence-electron chi connectivity index (χ1n) is 8.75. The van der Waals surface area contributed by atoms with Gasteiger partial charge in [0.15, 0.2) is 0 Å². The van der Waals surface area contributed by atoms with Crippen LogP contribution in [0.2, 0.25) is 0 Å². The average Bonchev–Trinajstić information content (AvgIpc) is 3.03. The van der Waals surface area contributed by atoms with E-state index in [0.29, 0.717) is 11.3 Å². The molecule has 1 aliphatic rings. The molecule has 0 radical (unpaired) electrons. The van der Waals surface area contributed by atoms with Crippen LogP contribution in [-0.4, -0.2) is 20.6 Å².